The van der Waals surface area contributed by atoms with E-state index in [1.165, 1.54) is 6.21 Å². The molecular weight excluding hydrogens is 352 g/mol. The molecule has 0 bridgehead atoms. The second-order valence-corrected chi connectivity index (χ2v) is 7.52. The van der Waals surface area contributed by atoms with Gasteiger partial charge >= 0.3 is 0 Å². The minimum Gasteiger partial charge on any atom is -0.392 e. The van der Waals surface area contributed by atoms with Crippen LogP contribution in [0.4, 0.5) is 11.8 Å². The minimum absolute atomic E-state index is 0.387. The normalized spacial score (nSPS) is 23.7. The molecule has 1 aromatic heterocycles. The molecule has 0 spiro atoms. The standard InChI is InChI=1S/C20H28N8/c1-13-9-24-20(26-18(8-22)10-23-3)27-19(13)25-17-6-15-11-28(12-16(15)7-17)14(2)4-5-21/h8-10,15-17,22-23H,2,4,6-7,11-12H2,1,3H3,(H2,24,25,26,27)/b18-10+,22-8?/t15-,16?,17?/m1/s1. The molecule has 1 saturated heterocycles. The molecule has 1 saturated carbocycles. The first kappa shape index (κ1) is 19.7. The molecule has 0 aromatic carbocycles. The summed E-state index contributed by atoms with van der Waals surface area (Å²) in [5.41, 5.74) is 2.53. The molecule has 1 aliphatic carbocycles. The van der Waals surface area contributed by atoms with Crippen molar-refractivity contribution < 1.29 is 0 Å². The summed E-state index contributed by atoms with van der Waals surface area (Å²) >= 11 is 0. The maximum Gasteiger partial charge on any atom is 0.229 e. The molecule has 0 radical (unpaired) electrons. The first-order valence-corrected chi connectivity index (χ1v) is 9.58. The maximum absolute atomic E-state index is 8.87. The van der Waals surface area contributed by atoms with Crippen LogP contribution in [0, 0.1) is 35.5 Å². The number of nitrogens with one attached hydrogen (secondary N) is 4. The Hall–Kier alpha value is -3.08. The number of nitrogens with zero attached hydrogens (tertiary/aromatic N) is 4. The summed E-state index contributed by atoms with van der Waals surface area (Å²) in [4.78, 5) is 11.2. The number of likely N-dealkylation sites (tertiary alicyclic amines) is 1. The van der Waals surface area contributed by atoms with E-state index in [0.717, 1.165) is 43.0 Å². The molecule has 1 aliphatic heterocycles. The van der Waals surface area contributed by atoms with Gasteiger partial charge in [-0.3, -0.25) is 0 Å². The Labute approximate surface area is 166 Å². The number of allylic oxidation sites excluding steroid dienone is 2. The van der Waals surface area contributed by atoms with E-state index in [2.05, 4.69) is 43.5 Å². The average molecular weight is 381 g/mol. The Morgan fingerprint density at radius 2 is 2.14 bits per heavy atom. The summed E-state index contributed by atoms with van der Waals surface area (Å²) in [7, 11) is 1.78. The summed E-state index contributed by atoms with van der Waals surface area (Å²) in [6, 6.07) is 2.58. The summed E-state index contributed by atoms with van der Waals surface area (Å²) in [6.45, 7) is 8.03. The van der Waals surface area contributed by atoms with E-state index in [9.17, 15) is 0 Å². The quantitative estimate of drug-likeness (QED) is 0.512. The van der Waals surface area contributed by atoms with E-state index in [0.29, 0.717) is 35.9 Å². The van der Waals surface area contributed by atoms with Crippen LogP contribution in [0.3, 0.4) is 0 Å². The van der Waals surface area contributed by atoms with Gasteiger partial charge in [-0.05, 0) is 31.6 Å². The van der Waals surface area contributed by atoms with E-state index in [-0.39, 0.29) is 0 Å². The number of aryl methyl sites for hydroxylation is 1. The highest BCUT2D eigenvalue weighted by Gasteiger charge is 2.41. The third-order valence-corrected chi connectivity index (χ3v) is 5.51. The van der Waals surface area contributed by atoms with E-state index >= 15 is 0 Å². The highest BCUT2D eigenvalue weighted by Crippen LogP contribution is 2.40. The molecule has 3 atom stereocenters. The third kappa shape index (κ3) is 4.42. The van der Waals surface area contributed by atoms with E-state index in [4.69, 9.17) is 10.7 Å². The average Bonchev–Trinajstić information content (AvgIpc) is 3.23. The lowest BCUT2D eigenvalue weighted by Gasteiger charge is -2.22. The molecule has 2 aliphatic rings. The zero-order chi connectivity index (χ0) is 20.1. The number of fused-ring (bicyclic) bond motifs is 1. The van der Waals surface area contributed by atoms with Gasteiger partial charge in [-0.15, -0.1) is 0 Å². The molecule has 8 nitrogen and oxygen atoms in total. The van der Waals surface area contributed by atoms with Crippen molar-refractivity contribution in [2.75, 3.05) is 30.8 Å². The van der Waals surface area contributed by atoms with Crippen LogP contribution in [-0.4, -0.2) is 47.3 Å². The number of aromatic nitrogens is 2. The van der Waals surface area contributed by atoms with Gasteiger partial charge in [0.05, 0.1) is 18.2 Å². The highest BCUT2D eigenvalue weighted by atomic mass is 15.2. The maximum atomic E-state index is 8.87. The third-order valence-electron chi connectivity index (χ3n) is 5.51. The Balaban J connectivity index is 1.61. The van der Waals surface area contributed by atoms with Crippen LogP contribution in [0.15, 0.2) is 30.4 Å². The number of rotatable bonds is 8. The number of hydrogen-bond donors (Lipinski definition) is 4. The fraction of sp³-hybridized carbons (Fsp3) is 0.500. The number of hydrogen-bond acceptors (Lipinski definition) is 8. The smallest absolute Gasteiger partial charge is 0.229 e. The van der Waals surface area contributed by atoms with Gasteiger partial charge in [0.25, 0.3) is 0 Å². The first-order chi connectivity index (χ1) is 13.5. The van der Waals surface area contributed by atoms with Crippen molar-refractivity contribution in [3.8, 4) is 6.07 Å². The van der Waals surface area contributed by atoms with Gasteiger partial charge in [-0.1, -0.05) is 6.58 Å². The Kier molecular flexibility index (Phi) is 6.14. The SMILES string of the molecule is C=C(CC#N)N1CC2CC(Nc3nc(N/C(C=N)=C/NC)ncc3C)C[C@@H]2C1. The molecule has 2 unspecified atom stereocenters. The Morgan fingerprint density at radius 3 is 2.75 bits per heavy atom. The Morgan fingerprint density at radius 1 is 1.43 bits per heavy atom. The van der Waals surface area contributed by atoms with Crippen molar-refractivity contribution in [2.24, 2.45) is 11.8 Å². The Bertz CT molecular complexity index is 795. The molecule has 148 valence electrons. The van der Waals surface area contributed by atoms with E-state index in [1.54, 1.807) is 19.4 Å². The molecule has 3 rings (SSSR count). The van der Waals surface area contributed by atoms with Crippen LogP contribution in [0.1, 0.15) is 24.8 Å². The zero-order valence-corrected chi connectivity index (χ0v) is 16.5. The van der Waals surface area contributed by atoms with Gasteiger partial charge in [-0.2, -0.15) is 10.2 Å². The monoisotopic (exact) mass is 380 g/mol. The van der Waals surface area contributed by atoms with Gasteiger partial charge in [0.1, 0.15) is 5.82 Å². The molecule has 1 aromatic rings. The number of nitriles is 1. The summed E-state index contributed by atoms with van der Waals surface area (Å²) in [5.74, 6) is 2.57. The van der Waals surface area contributed by atoms with Crippen LogP contribution in [0.2, 0.25) is 0 Å². The molecular formula is C20H28N8. The van der Waals surface area contributed by atoms with Crippen molar-refractivity contribution in [3.05, 3.63) is 35.9 Å². The largest absolute Gasteiger partial charge is 0.392 e. The number of anilines is 2. The summed E-state index contributed by atoms with van der Waals surface area (Å²) in [5, 5.41) is 25.8. The second kappa shape index (κ2) is 8.74. The lowest BCUT2D eigenvalue weighted by atomic mass is 10.0. The summed E-state index contributed by atoms with van der Waals surface area (Å²) in [6.07, 6.45) is 7.31. The lowest BCUT2D eigenvalue weighted by Crippen LogP contribution is -2.25. The van der Waals surface area contributed by atoms with Crippen molar-refractivity contribution in [1.29, 1.82) is 10.7 Å². The van der Waals surface area contributed by atoms with Crippen molar-refractivity contribution in [1.82, 2.24) is 20.2 Å². The van der Waals surface area contributed by atoms with Crippen LogP contribution in [0.5, 0.6) is 0 Å². The van der Waals surface area contributed by atoms with Gasteiger partial charge in [0.15, 0.2) is 0 Å². The summed E-state index contributed by atoms with van der Waals surface area (Å²) < 4.78 is 0. The van der Waals surface area contributed by atoms with E-state index in [1.807, 2.05) is 6.92 Å². The van der Waals surface area contributed by atoms with E-state index < -0.39 is 0 Å². The molecule has 8 heteroatoms. The van der Waals surface area contributed by atoms with Gasteiger partial charge < -0.3 is 26.3 Å². The van der Waals surface area contributed by atoms with Crippen molar-refractivity contribution >= 4 is 18.0 Å². The topological polar surface area (TPSA) is 113 Å². The predicted molar refractivity (Wildman–Crippen MR) is 111 cm³/mol. The second-order valence-electron chi connectivity index (χ2n) is 7.52. The molecule has 2 heterocycles. The van der Waals surface area contributed by atoms with Gasteiger partial charge in [0.2, 0.25) is 5.95 Å². The van der Waals surface area contributed by atoms with Gasteiger partial charge in [-0.25, -0.2) is 4.98 Å². The molecule has 2 fully saturated rings. The van der Waals surface area contributed by atoms with Crippen LogP contribution < -0.4 is 16.0 Å². The van der Waals surface area contributed by atoms with Crippen LogP contribution in [0.25, 0.3) is 0 Å². The van der Waals surface area contributed by atoms with Crippen LogP contribution in [-0.2, 0) is 0 Å². The highest BCUT2D eigenvalue weighted by molar-refractivity contribution is 5.79. The first-order valence-electron chi connectivity index (χ1n) is 9.58. The van der Waals surface area contributed by atoms with Gasteiger partial charge in [0, 0.05) is 56.1 Å². The fourth-order valence-electron chi connectivity index (χ4n) is 4.12. The lowest BCUT2D eigenvalue weighted by molar-refractivity contribution is 0.379. The zero-order valence-electron chi connectivity index (χ0n) is 16.5. The molecule has 0 amide bonds. The van der Waals surface area contributed by atoms with Crippen molar-refractivity contribution in [3.63, 3.8) is 0 Å². The predicted octanol–water partition coefficient (Wildman–Crippen LogP) is 2.46. The van der Waals surface area contributed by atoms with Crippen molar-refractivity contribution in [2.45, 2.75) is 32.2 Å². The molecule has 4 N–H and O–H groups in total. The van der Waals surface area contributed by atoms with Crippen LogP contribution >= 0.6 is 0 Å². The minimum atomic E-state index is 0.387. The molecule has 28 heavy (non-hydrogen) atoms. The fourth-order valence-corrected chi connectivity index (χ4v) is 4.12.